The van der Waals surface area contributed by atoms with Crippen molar-refractivity contribution in [1.29, 1.82) is 0 Å². The van der Waals surface area contributed by atoms with Crippen LogP contribution in [0.25, 0.3) is 0 Å². The molecule has 0 aromatic heterocycles. The van der Waals surface area contributed by atoms with Gasteiger partial charge < -0.3 is 44.7 Å². The number of methoxy groups -OCH3 is 1. The molecule has 12 atom stereocenters. The Hall–Kier alpha value is -3.10. The van der Waals surface area contributed by atoms with Crippen LogP contribution in [-0.2, 0) is 33.3 Å². The number of rotatable bonds is 13. The van der Waals surface area contributed by atoms with Crippen molar-refractivity contribution in [1.82, 2.24) is 5.32 Å². The van der Waals surface area contributed by atoms with Gasteiger partial charge in [0.05, 0.1) is 36.4 Å². The SMILES string of the molecule is CC[C@H](OC)[C@@H](C)[C@H]1O[C@@H]1C(N[C@H](C)c1ccc(Cl)cc1)C(C)(O)/C=C/C=C(\C)[C@@H]1OC(=O)C[C@H](O)CC[C@@](C)(O)[C@@H](OC(C)=O)/C=C/[C@@H]1C.O=CO. The van der Waals surface area contributed by atoms with Crippen LogP contribution < -0.4 is 5.32 Å². The largest absolute Gasteiger partial charge is 0.483 e. The lowest BCUT2D eigenvalue weighted by molar-refractivity contribution is -0.157. The number of hydrogen-bond acceptors (Lipinski definition) is 11. The Morgan fingerprint density at radius 3 is 2.38 bits per heavy atom. The van der Waals surface area contributed by atoms with Crippen LogP contribution in [-0.4, -0.2) is 99.8 Å². The zero-order valence-electron chi connectivity index (χ0n) is 32.4. The summed E-state index contributed by atoms with van der Waals surface area (Å²) in [6, 6.07) is 6.96. The predicted octanol–water partition coefficient (Wildman–Crippen LogP) is 5.47. The highest BCUT2D eigenvalue weighted by Crippen LogP contribution is 2.39. The molecule has 1 saturated heterocycles. The van der Waals surface area contributed by atoms with E-state index in [2.05, 4.69) is 19.2 Å². The number of ether oxygens (including phenoxy) is 4. The summed E-state index contributed by atoms with van der Waals surface area (Å²) in [5, 5.41) is 44.7. The molecule has 3 rings (SSSR count). The zero-order chi connectivity index (χ0) is 40.1. The van der Waals surface area contributed by atoms with E-state index in [0.29, 0.717) is 10.6 Å². The van der Waals surface area contributed by atoms with Crippen molar-refractivity contribution >= 4 is 30.0 Å². The molecule has 13 heteroatoms. The van der Waals surface area contributed by atoms with Gasteiger partial charge >= 0.3 is 11.9 Å². The molecule has 5 N–H and O–H groups in total. The normalized spacial score (nSPS) is 30.8. The number of epoxide rings is 1. The van der Waals surface area contributed by atoms with Crippen LogP contribution in [0.5, 0.6) is 0 Å². The molecule has 0 aliphatic carbocycles. The van der Waals surface area contributed by atoms with E-state index < -0.39 is 53.4 Å². The number of allylic oxidation sites excluding steroid dienone is 2. The lowest BCUT2D eigenvalue weighted by atomic mass is 9.86. The summed E-state index contributed by atoms with van der Waals surface area (Å²) < 4.78 is 23.2. The molecule has 0 amide bonds. The molecular formula is C40H60ClNO11. The maximum absolute atomic E-state index is 12.9. The topological polar surface area (TPSA) is 184 Å². The highest BCUT2D eigenvalue weighted by atomic mass is 35.5. The Bertz CT molecular complexity index is 1410. The van der Waals surface area contributed by atoms with Gasteiger partial charge in [-0.25, -0.2) is 0 Å². The quantitative estimate of drug-likeness (QED) is 0.0562. The molecule has 1 aromatic carbocycles. The van der Waals surface area contributed by atoms with E-state index in [1.807, 2.05) is 45.0 Å². The minimum Gasteiger partial charge on any atom is -0.483 e. The highest BCUT2D eigenvalue weighted by Gasteiger charge is 2.54. The van der Waals surface area contributed by atoms with Crippen molar-refractivity contribution in [2.75, 3.05) is 7.11 Å². The minimum atomic E-state index is -1.46. The minimum absolute atomic E-state index is 0.0200. The lowest BCUT2D eigenvalue weighted by Gasteiger charge is -2.33. The second-order valence-corrected chi connectivity index (χ2v) is 15.0. The van der Waals surface area contributed by atoms with Crippen LogP contribution >= 0.6 is 11.6 Å². The van der Waals surface area contributed by atoms with Gasteiger partial charge in [0.1, 0.15) is 23.9 Å². The summed E-state index contributed by atoms with van der Waals surface area (Å²) in [6.45, 7) is 14.2. The number of cyclic esters (lactones) is 1. The highest BCUT2D eigenvalue weighted by molar-refractivity contribution is 6.30. The number of esters is 2. The molecule has 53 heavy (non-hydrogen) atoms. The number of nitrogens with one attached hydrogen (secondary N) is 1. The second-order valence-electron chi connectivity index (χ2n) is 14.6. The van der Waals surface area contributed by atoms with Gasteiger partial charge in [0, 0.05) is 36.9 Å². The molecule has 12 nitrogen and oxygen atoms in total. The van der Waals surface area contributed by atoms with Crippen molar-refractivity contribution in [3.63, 3.8) is 0 Å². The van der Waals surface area contributed by atoms with Gasteiger partial charge in [0.25, 0.3) is 6.47 Å². The Morgan fingerprint density at radius 2 is 1.81 bits per heavy atom. The summed E-state index contributed by atoms with van der Waals surface area (Å²) in [5.74, 6) is -1.40. The summed E-state index contributed by atoms with van der Waals surface area (Å²) >= 11 is 6.13. The van der Waals surface area contributed by atoms with Crippen LogP contribution in [0.4, 0.5) is 0 Å². The van der Waals surface area contributed by atoms with E-state index in [-0.39, 0.29) is 56.0 Å². The summed E-state index contributed by atoms with van der Waals surface area (Å²) in [7, 11) is 1.70. The summed E-state index contributed by atoms with van der Waals surface area (Å²) in [5.41, 5.74) is -1.13. The van der Waals surface area contributed by atoms with Crippen molar-refractivity contribution in [2.45, 2.75) is 141 Å². The molecule has 2 aliphatic rings. The third-order valence-electron chi connectivity index (χ3n) is 9.99. The van der Waals surface area contributed by atoms with Crippen LogP contribution in [0.1, 0.15) is 92.7 Å². The predicted molar refractivity (Wildman–Crippen MR) is 202 cm³/mol. The summed E-state index contributed by atoms with van der Waals surface area (Å²) in [4.78, 5) is 33.1. The third kappa shape index (κ3) is 14.2. The molecule has 0 spiro atoms. The first-order valence-electron chi connectivity index (χ1n) is 18.1. The van der Waals surface area contributed by atoms with E-state index >= 15 is 0 Å². The number of benzene rings is 1. The average molecular weight is 766 g/mol. The molecule has 0 saturated carbocycles. The Balaban J connectivity index is 0.00000313. The van der Waals surface area contributed by atoms with Crippen molar-refractivity contribution in [3.05, 3.63) is 70.8 Å². The Morgan fingerprint density at radius 1 is 1.19 bits per heavy atom. The molecular weight excluding hydrogens is 706 g/mol. The first-order chi connectivity index (χ1) is 24.8. The number of aliphatic hydroxyl groups is 3. The van der Waals surface area contributed by atoms with Gasteiger partial charge in [0.15, 0.2) is 0 Å². The van der Waals surface area contributed by atoms with Gasteiger partial charge in [-0.3, -0.25) is 14.4 Å². The number of carbonyl (C=O) groups excluding carboxylic acids is 2. The van der Waals surface area contributed by atoms with E-state index in [0.717, 1.165) is 12.0 Å². The molecule has 2 heterocycles. The molecule has 2 unspecified atom stereocenters. The number of halogens is 1. The van der Waals surface area contributed by atoms with E-state index in [9.17, 15) is 24.9 Å². The van der Waals surface area contributed by atoms with Gasteiger partial charge in [0.2, 0.25) is 0 Å². The summed E-state index contributed by atoms with van der Waals surface area (Å²) in [6.07, 6.45) is 6.28. The van der Waals surface area contributed by atoms with Gasteiger partial charge in [-0.15, -0.1) is 0 Å². The van der Waals surface area contributed by atoms with Gasteiger partial charge in [-0.2, -0.15) is 0 Å². The molecule has 2 aliphatic heterocycles. The van der Waals surface area contributed by atoms with E-state index in [1.54, 1.807) is 51.3 Å². The van der Waals surface area contributed by atoms with Crippen LogP contribution in [0.2, 0.25) is 5.02 Å². The van der Waals surface area contributed by atoms with Gasteiger partial charge in [-0.05, 0) is 76.3 Å². The fraction of sp³-hybridized carbons (Fsp3) is 0.625. The molecule has 1 aromatic rings. The Kier molecular flexibility index (Phi) is 18.3. The maximum atomic E-state index is 12.9. The molecule has 0 radical (unpaired) electrons. The standard InChI is InChI=1S/C39H58ClNO9.CH2O2/c1-10-31(47-9)25(4)35-36(50-35)37(41-26(5)28-14-16-29(40)17-15-28)39(8,46)20-11-12-23(2)34-24(3)13-18-32(48-27(6)42)38(7,45)21-19-30(43)22-33(44)49-34;2-1-3/h11-18,20,24-26,30-32,34-37,41,43,45-46H,10,19,21-22H2,1-9H3;1H,(H,2,3)/b18-13+,20-11+,23-12+;/t24-,25+,26+,30+,31-,32-,34-,35+,36-,37?,38+,39?;/m0./s1. The van der Waals surface area contributed by atoms with Crippen molar-refractivity contribution in [3.8, 4) is 0 Å². The lowest BCUT2D eigenvalue weighted by Crippen LogP contribution is -2.53. The third-order valence-corrected chi connectivity index (χ3v) is 10.2. The molecule has 298 valence electrons. The van der Waals surface area contributed by atoms with Crippen molar-refractivity contribution in [2.24, 2.45) is 11.8 Å². The monoisotopic (exact) mass is 765 g/mol. The van der Waals surface area contributed by atoms with E-state index in [4.69, 9.17) is 40.4 Å². The maximum Gasteiger partial charge on any atom is 0.309 e. The fourth-order valence-corrected chi connectivity index (χ4v) is 6.85. The fourth-order valence-electron chi connectivity index (χ4n) is 6.73. The molecule has 0 bridgehead atoms. The zero-order valence-corrected chi connectivity index (χ0v) is 33.2. The van der Waals surface area contributed by atoms with Crippen LogP contribution in [0, 0.1) is 11.8 Å². The first kappa shape index (κ1) is 46.1. The second kappa shape index (κ2) is 21.1. The number of hydrogen-bond donors (Lipinski definition) is 5. The average Bonchev–Trinajstić information content (AvgIpc) is 3.87. The smallest absolute Gasteiger partial charge is 0.309 e. The van der Waals surface area contributed by atoms with Crippen LogP contribution in [0.3, 0.4) is 0 Å². The van der Waals surface area contributed by atoms with Crippen molar-refractivity contribution < 1.29 is 53.8 Å². The number of aliphatic hydroxyl groups excluding tert-OH is 1. The van der Waals surface area contributed by atoms with E-state index in [1.165, 1.54) is 6.92 Å². The first-order valence-corrected chi connectivity index (χ1v) is 18.5. The number of carbonyl (C=O) groups is 3. The Labute approximate surface area is 319 Å². The van der Waals surface area contributed by atoms with Gasteiger partial charge in [-0.1, -0.05) is 68.8 Å². The number of carboxylic acid groups (broad SMARTS) is 1. The molecule has 1 fully saturated rings. The van der Waals surface area contributed by atoms with Crippen LogP contribution in [0.15, 0.2) is 60.2 Å².